The Bertz CT molecular complexity index is 134. The van der Waals surface area contributed by atoms with Crippen molar-refractivity contribution >= 4 is 0 Å². The fourth-order valence-electron chi connectivity index (χ4n) is 1.21. The van der Waals surface area contributed by atoms with E-state index >= 15 is 0 Å². The van der Waals surface area contributed by atoms with Crippen LogP contribution in [0.5, 0.6) is 0 Å². The van der Waals surface area contributed by atoms with Crippen LogP contribution in [0.25, 0.3) is 0 Å². The summed E-state index contributed by atoms with van der Waals surface area (Å²) in [5, 5.41) is 0. The van der Waals surface area contributed by atoms with Crippen molar-refractivity contribution in [1.82, 2.24) is 0 Å². The molecule has 0 aliphatic heterocycles. The summed E-state index contributed by atoms with van der Waals surface area (Å²) in [4.78, 5) is 0. The van der Waals surface area contributed by atoms with Gasteiger partial charge in [0.2, 0.25) is 0 Å². The molecule has 0 aromatic heterocycles. The Kier molecular flexibility index (Phi) is 1.04. The SMILES string of the molecule is C=C(C)C1C(=C)C1C. The molecular formula is C8H12. The van der Waals surface area contributed by atoms with Crippen LogP contribution in [-0.2, 0) is 0 Å². The van der Waals surface area contributed by atoms with E-state index in [0.29, 0.717) is 11.8 Å². The summed E-state index contributed by atoms with van der Waals surface area (Å²) in [7, 11) is 0. The Hall–Kier alpha value is -0.520. The average molecular weight is 108 g/mol. The molecule has 0 spiro atoms. The maximum atomic E-state index is 3.89. The van der Waals surface area contributed by atoms with Crippen molar-refractivity contribution in [2.75, 3.05) is 0 Å². The van der Waals surface area contributed by atoms with Crippen LogP contribution in [0.15, 0.2) is 24.3 Å². The molecule has 0 aromatic rings. The zero-order chi connectivity index (χ0) is 6.31. The van der Waals surface area contributed by atoms with Crippen LogP contribution in [-0.4, -0.2) is 0 Å². The summed E-state index contributed by atoms with van der Waals surface area (Å²) in [6, 6.07) is 0. The molecule has 1 rings (SSSR count). The lowest BCUT2D eigenvalue weighted by atomic mass is 10.2. The minimum absolute atomic E-state index is 0.648. The number of allylic oxidation sites excluding steroid dienone is 2. The van der Waals surface area contributed by atoms with E-state index in [-0.39, 0.29) is 0 Å². The molecule has 1 saturated carbocycles. The van der Waals surface area contributed by atoms with E-state index in [0.717, 1.165) is 0 Å². The van der Waals surface area contributed by atoms with Gasteiger partial charge < -0.3 is 0 Å². The predicted molar refractivity (Wildman–Crippen MR) is 36.6 cm³/mol. The van der Waals surface area contributed by atoms with Crippen LogP contribution in [0.1, 0.15) is 13.8 Å². The minimum Gasteiger partial charge on any atom is -0.0995 e. The summed E-state index contributed by atoms with van der Waals surface area (Å²) in [6.07, 6.45) is 0. The first-order chi connectivity index (χ1) is 3.64. The molecule has 1 aliphatic carbocycles. The van der Waals surface area contributed by atoms with E-state index in [1.807, 2.05) is 0 Å². The summed E-state index contributed by atoms with van der Waals surface area (Å²) >= 11 is 0. The lowest BCUT2D eigenvalue weighted by Crippen LogP contribution is -1.75. The third kappa shape index (κ3) is 0.605. The predicted octanol–water partition coefficient (Wildman–Crippen LogP) is 2.38. The van der Waals surface area contributed by atoms with Crippen molar-refractivity contribution in [3.05, 3.63) is 24.3 Å². The molecule has 2 unspecified atom stereocenters. The van der Waals surface area contributed by atoms with Crippen LogP contribution in [0.3, 0.4) is 0 Å². The van der Waals surface area contributed by atoms with Crippen molar-refractivity contribution in [2.24, 2.45) is 11.8 Å². The van der Waals surface area contributed by atoms with E-state index < -0.39 is 0 Å². The van der Waals surface area contributed by atoms with Crippen molar-refractivity contribution in [3.8, 4) is 0 Å². The van der Waals surface area contributed by atoms with Gasteiger partial charge in [0.05, 0.1) is 0 Å². The molecule has 1 aliphatic rings. The van der Waals surface area contributed by atoms with Gasteiger partial charge in [0.15, 0.2) is 0 Å². The van der Waals surface area contributed by atoms with E-state index in [4.69, 9.17) is 0 Å². The zero-order valence-corrected chi connectivity index (χ0v) is 5.57. The van der Waals surface area contributed by atoms with E-state index in [2.05, 4.69) is 27.0 Å². The van der Waals surface area contributed by atoms with Crippen molar-refractivity contribution < 1.29 is 0 Å². The maximum absolute atomic E-state index is 3.89. The number of hydrogen-bond acceptors (Lipinski definition) is 0. The molecule has 44 valence electrons. The van der Waals surface area contributed by atoms with Crippen LogP contribution >= 0.6 is 0 Å². The summed E-state index contributed by atoms with van der Waals surface area (Å²) in [5.41, 5.74) is 2.63. The molecule has 0 aromatic carbocycles. The highest BCUT2D eigenvalue weighted by Crippen LogP contribution is 2.47. The molecule has 0 N–H and O–H groups in total. The van der Waals surface area contributed by atoms with Crippen molar-refractivity contribution in [2.45, 2.75) is 13.8 Å². The average Bonchev–Trinajstić information content (AvgIpc) is 2.15. The Balaban J connectivity index is 2.57. The number of hydrogen-bond donors (Lipinski definition) is 0. The van der Waals surface area contributed by atoms with Gasteiger partial charge in [-0.05, 0) is 12.8 Å². The van der Waals surface area contributed by atoms with Crippen molar-refractivity contribution in [3.63, 3.8) is 0 Å². The molecule has 0 bridgehead atoms. The van der Waals surface area contributed by atoms with Gasteiger partial charge in [0.1, 0.15) is 0 Å². The van der Waals surface area contributed by atoms with Gasteiger partial charge in [0.25, 0.3) is 0 Å². The van der Waals surface area contributed by atoms with Crippen LogP contribution in [0.2, 0.25) is 0 Å². The highest BCUT2D eigenvalue weighted by Gasteiger charge is 2.37. The summed E-state index contributed by atoms with van der Waals surface area (Å²) in [5.74, 6) is 1.36. The van der Waals surface area contributed by atoms with E-state index in [1.54, 1.807) is 0 Å². The Labute approximate surface area is 50.9 Å². The van der Waals surface area contributed by atoms with Gasteiger partial charge in [-0.3, -0.25) is 0 Å². The molecule has 0 heteroatoms. The molecule has 0 radical (unpaired) electrons. The fourth-order valence-corrected chi connectivity index (χ4v) is 1.21. The van der Waals surface area contributed by atoms with Crippen LogP contribution in [0.4, 0.5) is 0 Å². The molecule has 0 nitrogen and oxygen atoms in total. The van der Waals surface area contributed by atoms with Gasteiger partial charge in [-0.1, -0.05) is 31.2 Å². The third-order valence-corrected chi connectivity index (χ3v) is 1.91. The lowest BCUT2D eigenvalue weighted by molar-refractivity contribution is 0.860. The second-order valence-corrected chi connectivity index (χ2v) is 2.69. The Morgan fingerprint density at radius 3 is 2.00 bits per heavy atom. The first-order valence-electron chi connectivity index (χ1n) is 2.98. The minimum atomic E-state index is 0.648. The van der Waals surface area contributed by atoms with Gasteiger partial charge in [-0.15, -0.1) is 0 Å². The van der Waals surface area contributed by atoms with Gasteiger partial charge in [-0.25, -0.2) is 0 Å². The van der Waals surface area contributed by atoms with E-state index in [1.165, 1.54) is 11.1 Å². The largest absolute Gasteiger partial charge is 0.0995 e. The molecule has 0 saturated heterocycles. The third-order valence-electron chi connectivity index (χ3n) is 1.91. The summed E-state index contributed by atoms with van der Waals surface area (Å²) < 4.78 is 0. The number of rotatable bonds is 1. The quantitative estimate of drug-likeness (QED) is 0.452. The Morgan fingerprint density at radius 1 is 1.62 bits per heavy atom. The highest BCUT2D eigenvalue weighted by atomic mass is 14.4. The lowest BCUT2D eigenvalue weighted by Gasteiger charge is -1.87. The molecule has 0 heterocycles. The first-order valence-corrected chi connectivity index (χ1v) is 2.98. The van der Waals surface area contributed by atoms with Crippen LogP contribution < -0.4 is 0 Å². The van der Waals surface area contributed by atoms with Gasteiger partial charge >= 0.3 is 0 Å². The molecule has 0 amide bonds. The normalized spacial score (nSPS) is 35.0. The molecule has 2 atom stereocenters. The van der Waals surface area contributed by atoms with E-state index in [9.17, 15) is 0 Å². The smallest absolute Gasteiger partial charge is 0.00648 e. The fraction of sp³-hybridized carbons (Fsp3) is 0.500. The second-order valence-electron chi connectivity index (χ2n) is 2.69. The van der Waals surface area contributed by atoms with Gasteiger partial charge in [0, 0.05) is 5.92 Å². The standard InChI is InChI=1S/C8H12/c1-5(2)8-6(3)7(8)4/h7-8H,1,3H2,2,4H3. The maximum Gasteiger partial charge on any atom is 0.00648 e. The monoisotopic (exact) mass is 108 g/mol. The zero-order valence-electron chi connectivity index (χ0n) is 5.57. The second kappa shape index (κ2) is 1.48. The van der Waals surface area contributed by atoms with Gasteiger partial charge in [-0.2, -0.15) is 0 Å². The topological polar surface area (TPSA) is 0 Å². The molecule has 1 fully saturated rings. The molecular weight excluding hydrogens is 96.1 g/mol. The highest BCUT2D eigenvalue weighted by molar-refractivity contribution is 5.34. The molecule has 8 heavy (non-hydrogen) atoms. The first kappa shape index (κ1) is 5.61. The Morgan fingerprint density at radius 2 is 2.00 bits per heavy atom. The van der Waals surface area contributed by atoms with Crippen molar-refractivity contribution in [1.29, 1.82) is 0 Å². The summed E-state index contributed by atoms with van der Waals surface area (Å²) in [6.45, 7) is 12.0. The van der Waals surface area contributed by atoms with Crippen LogP contribution in [0, 0.1) is 11.8 Å².